The third-order valence-corrected chi connectivity index (χ3v) is 1.60. The Morgan fingerprint density at radius 3 is 1.31 bits per heavy atom. The minimum absolute atomic E-state index is 1.20. The summed E-state index contributed by atoms with van der Waals surface area (Å²) in [6, 6.07) is -5.56. The van der Waals surface area contributed by atoms with Gasteiger partial charge in [0.1, 0.15) is 0 Å². The molecule has 13 heavy (non-hydrogen) atoms. The molecule has 0 N–H and O–H groups in total. The van der Waals surface area contributed by atoms with Crippen LogP contribution in [0.1, 0.15) is 0 Å². The molecule has 1 nitrogen and oxygen atoms in total. The first-order valence-electron chi connectivity index (χ1n) is 2.38. The van der Waals surface area contributed by atoms with Crippen molar-refractivity contribution in [2.45, 2.75) is 18.1 Å². The van der Waals surface area contributed by atoms with Gasteiger partial charge in [0, 0.05) is 16.1 Å². The first kappa shape index (κ1) is 13.2. The smallest absolute Gasteiger partial charge is 0.187 e. The van der Waals surface area contributed by atoms with Gasteiger partial charge in [0.25, 0.3) is 0 Å². The van der Waals surface area contributed by atoms with E-state index >= 15 is 0 Å². The zero-order valence-electron chi connectivity index (χ0n) is 5.35. The molecule has 0 aliphatic heterocycles. The zero-order valence-corrected chi connectivity index (χ0v) is 7.69. The van der Waals surface area contributed by atoms with E-state index in [0.29, 0.717) is 0 Å². The van der Waals surface area contributed by atoms with E-state index in [1.807, 2.05) is 0 Å². The van der Waals surface area contributed by atoms with Crippen LogP contribution in [0.5, 0.6) is 0 Å². The van der Waals surface area contributed by atoms with Crippen molar-refractivity contribution in [3.05, 3.63) is 0 Å². The Kier molecular flexibility index (Phi) is 3.49. The van der Waals surface area contributed by atoms with Crippen LogP contribution >= 0.6 is 27.9 Å². The lowest BCUT2D eigenvalue weighted by molar-refractivity contribution is -0.368. The van der Waals surface area contributed by atoms with Gasteiger partial charge in [0.15, 0.2) is 0 Å². The Bertz CT molecular complexity index is 189. The maximum absolute atomic E-state index is 12.1. The number of rotatable bonds is 2. The lowest BCUT2D eigenvalue weighted by atomic mass is 10.3. The second-order valence-corrected chi connectivity index (χ2v) is 3.30. The molecule has 10 heteroatoms. The number of hydrogen-bond donors (Lipinski definition) is 0. The van der Waals surface area contributed by atoms with E-state index < -0.39 is 21.6 Å². The average molecular weight is 298 g/mol. The van der Waals surface area contributed by atoms with E-state index in [1.165, 1.54) is 0 Å². The Morgan fingerprint density at radius 1 is 0.923 bits per heavy atom. The summed E-state index contributed by atoms with van der Waals surface area (Å²) in [5.41, 5.74) is 0. The minimum Gasteiger partial charge on any atom is -0.187 e. The first-order valence-corrected chi connectivity index (χ1v) is 3.43. The summed E-state index contributed by atoms with van der Waals surface area (Å²) in [6.07, 6.45) is -6.38. The molecule has 0 unspecified atom stereocenters. The van der Waals surface area contributed by atoms with Gasteiger partial charge in [-0.05, 0) is 11.8 Å². The summed E-state index contributed by atoms with van der Waals surface area (Å²) >= 11 is 5.87. The molecule has 0 aromatic carbocycles. The van der Waals surface area contributed by atoms with Crippen molar-refractivity contribution in [2.75, 3.05) is 0 Å². The van der Waals surface area contributed by atoms with Gasteiger partial charge in [-0.2, -0.15) is 30.7 Å². The van der Waals surface area contributed by atoms with Crippen molar-refractivity contribution >= 4 is 27.9 Å². The van der Waals surface area contributed by atoms with E-state index in [-0.39, 0.29) is 0 Å². The molecule has 80 valence electrons. The van der Waals surface area contributed by atoms with Crippen LogP contribution in [0.3, 0.4) is 0 Å². The number of hydrogen-bond acceptors (Lipinski definition) is 1. The molecule has 0 aromatic rings. The number of nitrogens with zero attached hydrogens (tertiary/aromatic N) is 1. The summed E-state index contributed by atoms with van der Waals surface area (Å²) in [4.78, 5) is 0. The van der Waals surface area contributed by atoms with Crippen LogP contribution < -0.4 is 0 Å². The monoisotopic (exact) mass is 297 g/mol. The van der Waals surface area contributed by atoms with Crippen LogP contribution in [-0.2, 0) is 0 Å². The van der Waals surface area contributed by atoms with Crippen LogP contribution in [0, 0.1) is 0 Å². The second kappa shape index (κ2) is 3.43. The van der Waals surface area contributed by atoms with Gasteiger partial charge in [-0.3, -0.25) is 0 Å². The molecule has 0 fully saturated rings. The highest BCUT2D eigenvalue weighted by molar-refractivity contribution is 9.08. The van der Waals surface area contributed by atoms with Crippen molar-refractivity contribution in [2.24, 2.45) is 0 Å². The topological polar surface area (TPSA) is 3.24 Å². The van der Waals surface area contributed by atoms with Gasteiger partial charge in [-0.25, -0.2) is 0 Å². The summed E-state index contributed by atoms with van der Waals surface area (Å²) < 4.78 is 80.9. The molecule has 0 aliphatic rings. The van der Waals surface area contributed by atoms with Gasteiger partial charge in [-0.1, -0.05) is 3.45 Å². The van der Waals surface area contributed by atoms with Crippen molar-refractivity contribution in [1.82, 2.24) is 3.45 Å². The van der Waals surface area contributed by atoms with E-state index in [0.717, 1.165) is 0 Å². The van der Waals surface area contributed by atoms with E-state index in [1.54, 1.807) is 16.1 Å². The maximum Gasteiger partial charge on any atom is 0.461 e. The predicted octanol–water partition coefficient (Wildman–Crippen LogP) is 3.54. The van der Waals surface area contributed by atoms with Gasteiger partial charge in [-0.15, -0.1) is 0 Å². The molecule has 0 radical (unpaired) electrons. The molecular weight excluding hydrogens is 298 g/mol. The SMILES string of the molecule is FC(F)(F)C(F)(F)C(F)(F)N(Cl)Br. The van der Waals surface area contributed by atoms with Gasteiger partial charge < -0.3 is 0 Å². The summed E-state index contributed by atoms with van der Waals surface area (Å²) in [5.74, 6) is -6.23. The molecular formula is C3BrClF7N. The van der Waals surface area contributed by atoms with Crippen LogP contribution in [0.15, 0.2) is 0 Å². The summed E-state index contributed by atoms with van der Waals surface area (Å²) in [6.45, 7) is 0. The lowest BCUT2D eigenvalue weighted by Gasteiger charge is -2.29. The van der Waals surface area contributed by atoms with E-state index in [2.05, 4.69) is 11.8 Å². The van der Waals surface area contributed by atoms with Crippen LogP contribution in [0.25, 0.3) is 0 Å². The summed E-state index contributed by atoms with van der Waals surface area (Å²) in [5, 5.41) is 0. The first-order chi connectivity index (χ1) is 5.44. The van der Waals surface area contributed by atoms with Crippen LogP contribution in [0.2, 0.25) is 0 Å². The molecule has 0 bridgehead atoms. The van der Waals surface area contributed by atoms with E-state index in [9.17, 15) is 30.7 Å². The average Bonchev–Trinajstić information content (AvgIpc) is 1.84. The zero-order chi connectivity index (χ0) is 11.1. The predicted molar refractivity (Wildman–Crippen MR) is 32.6 cm³/mol. The fourth-order valence-corrected chi connectivity index (χ4v) is 0.606. The van der Waals surface area contributed by atoms with Crippen molar-refractivity contribution in [3.8, 4) is 0 Å². The van der Waals surface area contributed by atoms with Gasteiger partial charge >= 0.3 is 18.1 Å². The number of halogens is 9. The van der Waals surface area contributed by atoms with Crippen LogP contribution in [-0.4, -0.2) is 21.6 Å². The molecule has 0 spiro atoms. The van der Waals surface area contributed by atoms with Crippen LogP contribution in [0.4, 0.5) is 30.7 Å². The largest absolute Gasteiger partial charge is 0.461 e. The molecule has 0 amide bonds. The molecule has 0 saturated heterocycles. The Balaban J connectivity index is 5.04. The van der Waals surface area contributed by atoms with Gasteiger partial charge in [0.2, 0.25) is 0 Å². The standard InChI is InChI=1S/C3BrClF7N/c4-13(5)3(11,12)1(6,7)2(8,9)10. The van der Waals surface area contributed by atoms with E-state index in [4.69, 9.17) is 0 Å². The fourth-order valence-electron chi connectivity index (χ4n) is 0.277. The minimum atomic E-state index is -6.38. The third-order valence-electron chi connectivity index (χ3n) is 0.946. The highest BCUT2D eigenvalue weighted by atomic mass is 79.9. The highest BCUT2D eigenvalue weighted by Gasteiger charge is 2.75. The quantitative estimate of drug-likeness (QED) is 0.428. The molecule has 0 atom stereocenters. The van der Waals surface area contributed by atoms with Crippen molar-refractivity contribution in [1.29, 1.82) is 0 Å². The van der Waals surface area contributed by atoms with Gasteiger partial charge in [0.05, 0.1) is 0 Å². The second-order valence-electron chi connectivity index (χ2n) is 1.85. The molecule has 0 saturated carbocycles. The van der Waals surface area contributed by atoms with Crippen molar-refractivity contribution in [3.63, 3.8) is 0 Å². The molecule has 0 aliphatic carbocycles. The fraction of sp³-hybridized carbons (Fsp3) is 1.00. The Hall–Kier alpha value is 0.240. The third kappa shape index (κ3) is 2.18. The summed E-state index contributed by atoms with van der Waals surface area (Å²) in [7, 11) is 0. The van der Waals surface area contributed by atoms with Crippen molar-refractivity contribution < 1.29 is 30.7 Å². The molecule has 0 rings (SSSR count). The normalized spacial score (nSPS) is 15.2. The molecule has 0 aromatic heterocycles. The highest BCUT2D eigenvalue weighted by Crippen LogP contribution is 2.49. The number of alkyl halides is 7. The lowest BCUT2D eigenvalue weighted by Crippen LogP contribution is -2.56. The maximum atomic E-state index is 12.1. The Labute approximate surface area is 80.9 Å². The molecule has 0 heterocycles. The Morgan fingerprint density at radius 2 is 1.23 bits per heavy atom.